The molecule has 0 saturated heterocycles. The molecule has 0 amide bonds. The molecular weight excluding hydrogens is 241 g/mol. The number of fused-ring (bicyclic) bond motifs is 1. The highest BCUT2D eigenvalue weighted by Crippen LogP contribution is 2.48. The molecule has 1 aliphatic carbocycles. The Hall–Kier alpha value is -1.09. The third-order valence-electron chi connectivity index (χ3n) is 5.01. The van der Waals surface area contributed by atoms with Gasteiger partial charge in [-0.25, -0.2) is 4.39 Å². The maximum absolute atomic E-state index is 13.3. The molecule has 2 N–H and O–H groups in total. The molecule has 1 aromatic rings. The van der Waals surface area contributed by atoms with Crippen molar-refractivity contribution >= 4 is 0 Å². The Morgan fingerprint density at radius 2 is 2.05 bits per heavy atom. The molecule has 104 valence electrons. The average molecular weight is 263 g/mol. The van der Waals surface area contributed by atoms with Crippen LogP contribution in [-0.4, -0.2) is 5.60 Å². The lowest BCUT2D eigenvalue weighted by atomic mass is 9.69. The number of ether oxygens (including phenoxy) is 1. The van der Waals surface area contributed by atoms with Crippen LogP contribution in [0.3, 0.4) is 0 Å². The molecule has 1 heterocycles. The third kappa shape index (κ3) is 2.25. The molecule has 2 aliphatic rings. The van der Waals surface area contributed by atoms with Gasteiger partial charge in [0.05, 0.1) is 0 Å². The zero-order valence-corrected chi connectivity index (χ0v) is 11.7. The van der Waals surface area contributed by atoms with Crippen LogP contribution in [0.2, 0.25) is 0 Å². The van der Waals surface area contributed by atoms with Crippen molar-refractivity contribution in [3.8, 4) is 5.75 Å². The third-order valence-corrected chi connectivity index (χ3v) is 5.01. The molecule has 3 heteroatoms. The molecule has 4 atom stereocenters. The Balaban J connectivity index is 1.90. The van der Waals surface area contributed by atoms with Crippen LogP contribution in [0, 0.1) is 17.7 Å². The van der Waals surface area contributed by atoms with Gasteiger partial charge >= 0.3 is 0 Å². The summed E-state index contributed by atoms with van der Waals surface area (Å²) in [4.78, 5) is 0. The van der Waals surface area contributed by atoms with Gasteiger partial charge in [-0.2, -0.15) is 0 Å². The molecule has 1 aromatic carbocycles. The largest absolute Gasteiger partial charge is 0.487 e. The highest BCUT2D eigenvalue weighted by molar-refractivity contribution is 5.39. The molecular formula is C16H22FNO. The lowest BCUT2D eigenvalue weighted by Gasteiger charge is -2.47. The highest BCUT2D eigenvalue weighted by Gasteiger charge is 2.44. The van der Waals surface area contributed by atoms with Gasteiger partial charge in [-0.1, -0.05) is 13.8 Å². The fraction of sp³-hybridized carbons (Fsp3) is 0.625. The van der Waals surface area contributed by atoms with E-state index in [9.17, 15) is 4.39 Å². The van der Waals surface area contributed by atoms with Crippen LogP contribution in [0.4, 0.5) is 4.39 Å². The van der Waals surface area contributed by atoms with Crippen LogP contribution in [0.25, 0.3) is 0 Å². The van der Waals surface area contributed by atoms with Crippen LogP contribution in [-0.2, 0) is 0 Å². The van der Waals surface area contributed by atoms with Crippen molar-refractivity contribution in [2.45, 2.75) is 51.2 Å². The van der Waals surface area contributed by atoms with Crippen LogP contribution >= 0.6 is 0 Å². The number of hydrogen-bond acceptors (Lipinski definition) is 2. The van der Waals surface area contributed by atoms with Gasteiger partial charge in [0.1, 0.15) is 17.2 Å². The van der Waals surface area contributed by atoms with Gasteiger partial charge in [0.15, 0.2) is 0 Å². The van der Waals surface area contributed by atoms with Crippen LogP contribution in [0.1, 0.15) is 51.1 Å². The maximum atomic E-state index is 13.3. The van der Waals surface area contributed by atoms with Gasteiger partial charge < -0.3 is 10.5 Å². The minimum absolute atomic E-state index is 0.111. The first-order chi connectivity index (χ1) is 8.99. The summed E-state index contributed by atoms with van der Waals surface area (Å²) in [6, 6.07) is 4.59. The Labute approximate surface area is 114 Å². The Morgan fingerprint density at radius 3 is 2.79 bits per heavy atom. The van der Waals surface area contributed by atoms with Gasteiger partial charge in [-0.3, -0.25) is 0 Å². The summed E-state index contributed by atoms with van der Waals surface area (Å²) in [7, 11) is 0. The van der Waals surface area contributed by atoms with Crippen LogP contribution in [0.15, 0.2) is 18.2 Å². The smallest absolute Gasteiger partial charge is 0.125 e. The second kappa shape index (κ2) is 4.48. The van der Waals surface area contributed by atoms with Gasteiger partial charge in [-0.15, -0.1) is 0 Å². The van der Waals surface area contributed by atoms with Crippen LogP contribution in [0.5, 0.6) is 5.75 Å². The summed E-state index contributed by atoms with van der Waals surface area (Å²) in [6.45, 7) is 4.60. The minimum atomic E-state index is -0.237. The summed E-state index contributed by atoms with van der Waals surface area (Å²) >= 11 is 0. The predicted molar refractivity (Wildman–Crippen MR) is 73.5 cm³/mol. The highest BCUT2D eigenvalue weighted by atomic mass is 19.1. The average Bonchev–Trinajstić information content (AvgIpc) is 2.36. The van der Waals surface area contributed by atoms with E-state index in [1.165, 1.54) is 18.6 Å². The number of halogens is 1. The predicted octanol–water partition coefficient (Wildman–Crippen LogP) is 3.80. The van der Waals surface area contributed by atoms with E-state index in [4.69, 9.17) is 10.5 Å². The molecule has 1 fully saturated rings. The number of rotatable bonds is 0. The van der Waals surface area contributed by atoms with Crippen molar-refractivity contribution in [1.29, 1.82) is 0 Å². The first-order valence-electron chi connectivity index (χ1n) is 7.23. The zero-order valence-electron chi connectivity index (χ0n) is 11.7. The van der Waals surface area contributed by atoms with E-state index in [2.05, 4.69) is 13.8 Å². The summed E-state index contributed by atoms with van der Waals surface area (Å²) in [5.74, 6) is 1.95. The molecule has 4 unspecified atom stereocenters. The molecule has 2 nitrogen and oxygen atoms in total. The summed E-state index contributed by atoms with van der Waals surface area (Å²) in [6.07, 6.45) is 4.10. The fourth-order valence-electron chi connectivity index (χ4n) is 3.63. The fourth-order valence-corrected chi connectivity index (χ4v) is 3.63. The van der Waals surface area contributed by atoms with Crippen molar-refractivity contribution in [1.82, 2.24) is 0 Å². The van der Waals surface area contributed by atoms with E-state index in [1.54, 1.807) is 6.07 Å². The SMILES string of the molecule is CC1CCC2(CC(N)c3cc(F)ccc3O2)CC1C. The number of nitrogens with two attached hydrogens (primary N) is 1. The molecule has 19 heavy (non-hydrogen) atoms. The first kappa shape index (κ1) is 12.9. The van der Waals surface area contributed by atoms with Crippen molar-refractivity contribution in [3.63, 3.8) is 0 Å². The van der Waals surface area contributed by atoms with Gasteiger partial charge in [-0.05, 0) is 49.3 Å². The summed E-state index contributed by atoms with van der Waals surface area (Å²) in [5, 5.41) is 0. The standard InChI is InChI=1S/C16H22FNO/c1-10-5-6-16(8-11(10)2)9-14(18)13-7-12(17)3-4-15(13)19-16/h3-4,7,10-11,14H,5-6,8-9,18H2,1-2H3. The molecule has 1 spiro atoms. The summed E-state index contributed by atoms with van der Waals surface area (Å²) in [5.41, 5.74) is 6.94. The Morgan fingerprint density at radius 1 is 1.26 bits per heavy atom. The van der Waals surface area contributed by atoms with E-state index < -0.39 is 0 Å². The number of hydrogen-bond donors (Lipinski definition) is 1. The molecule has 0 radical (unpaired) electrons. The van der Waals surface area contributed by atoms with Gasteiger partial charge in [0, 0.05) is 18.0 Å². The van der Waals surface area contributed by atoms with Crippen molar-refractivity contribution < 1.29 is 9.13 Å². The second-order valence-electron chi connectivity index (χ2n) is 6.48. The monoisotopic (exact) mass is 263 g/mol. The normalized spacial score (nSPS) is 37.8. The van der Waals surface area contributed by atoms with E-state index >= 15 is 0 Å². The van der Waals surface area contributed by atoms with Crippen molar-refractivity contribution in [2.24, 2.45) is 17.6 Å². The molecule has 1 aliphatic heterocycles. The molecule has 0 bridgehead atoms. The van der Waals surface area contributed by atoms with Gasteiger partial charge in [0.2, 0.25) is 0 Å². The molecule has 0 aromatic heterocycles. The molecule has 1 saturated carbocycles. The summed E-state index contributed by atoms with van der Waals surface area (Å²) < 4.78 is 19.6. The van der Waals surface area contributed by atoms with E-state index in [1.807, 2.05) is 0 Å². The first-order valence-corrected chi connectivity index (χ1v) is 7.23. The lowest BCUT2D eigenvalue weighted by Crippen LogP contribution is -2.47. The maximum Gasteiger partial charge on any atom is 0.125 e. The van der Waals surface area contributed by atoms with Crippen molar-refractivity contribution in [3.05, 3.63) is 29.6 Å². The van der Waals surface area contributed by atoms with Crippen molar-refractivity contribution in [2.75, 3.05) is 0 Å². The second-order valence-corrected chi connectivity index (χ2v) is 6.48. The van der Waals surface area contributed by atoms with E-state index in [0.29, 0.717) is 5.92 Å². The van der Waals surface area contributed by atoms with Gasteiger partial charge in [0.25, 0.3) is 0 Å². The van der Waals surface area contributed by atoms with E-state index in [0.717, 1.165) is 36.5 Å². The van der Waals surface area contributed by atoms with E-state index in [-0.39, 0.29) is 17.5 Å². The van der Waals surface area contributed by atoms with Crippen LogP contribution < -0.4 is 10.5 Å². The Kier molecular flexibility index (Phi) is 3.05. The lowest BCUT2D eigenvalue weighted by molar-refractivity contribution is -0.0288. The zero-order chi connectivity index (χ0) is 13.6. The number of benzene rings is 1. The minimum Gasteiger partial charge on any atom is -0.487 e. The molecule has 3 rings (SSSR count). The topological polar surface area (TPSA) is 35.2 Å². The Bertz CT molecular complexity index is 490. The quantitative estimate of drug-likeness (QED) is 0.772.